The molecule has 0 amide bonds. The number of para-hydroxylation sites is 2. The van der Waals surface area contributed by atoms with E-state index in [1.165, 1.54) is 31.3 Å². The summed E-state index contributed by atoms with van der Waals surface area (Å²) in [6.07, 6.45) is 0. The van der Waals surface area contributed by atoms with Gasteiger partial charge in [0.1, 0.15) is 22.3 Å². The number of rotatable bonds is 5. The van der Waals surface area contributed by atoms with Crippen LogP contribution in [0, 0.1) is 0 Å². The maximum atomic E-state index is 6.30. The highest BCUT2D eigenvalue weighted by atomic mass is 32.1. The largest absolute Gasteiger partial charge is 0.456 e. The minimum Gasteiger partial charge on any atom is -0.456 e. The molecule has 0 saturated carbocycles. The first-order chi connectivity index (χ1) is 28.2. The predicted octanol–water partition coefficient (Wildman–Crippen LogP) is 14.4. The lowest BCUT2D eigenvalue weighted by atomic mass is 9.91. The van der Waals surface area contributed by atoms with E-state index in [4.69, 9.17) is 23.8 Å². The molecule has 57 heavy (non-hydrogen) atoms. The molecule has 0 bridgehead atoms. The molecule has 0 aliphatic rings. The zero-order chi connectivity index (χ0) is 37.5. The van der Waals surface area contributed by atoms with Crippen molar-refractivity contribution in [3.8, 4) is 56.4 Å². The summed E-state index contributed by atoms with van der Waals surface area (Å²) in [6, 6.07) is 61.1. The van der Waals surface area contributed by atoms with Crippen LogP contribution < -0.4 is 0 Å². The molecule has 4 heterocycles. The van der Waals surface area contributed by atoms with Crippen LogP contribution in [0.5, 0.6) is 0 Å². The maximum absolute atomic E-state index is 6.30. The normalized spacial score (nSPS) is 11.9. The minimum absolute atomic E-state index is 0.595. The second-order valence-electron chi connectivity index (χ2n) is 14.3. The quantitative estimate of drug-likeness (QED) is 0.175. The van der Waals surface area contributed by atoms with Crippen LogP contribution in [-0.2, 0) is 0 Å². The summed E-state index contributed by atoms with van der Waals surface area (Å²) < 4.78 is 14.9. The van der Waals surface area contributed by atoms with Gasteiger partial charge in [-0.15, -0.1) is 11.3 Å². The highest BCUT2D eigenvalue weighted by Gasteiger charge is 2.19. The molecule has 0 aliphatic carbocycles. The van der Waals surface area contributed by atoms with Gasteiger partial charge in [-0.2, -0.15) is 0 Å². The van der Waals surface area contributed by atoms with Gasteiger partial charge in [0.15, 0.2) is 17.5 Å². The van der Waals surface area contributed by atoms with Crippen molar-refractivity contribution in [2.24, 2.45) is 0 Å². The molecule has 5 nitrogen and oxygen atoms in total. The van der Waals surface area contributed by atoms with Crippen LogP contribution in [0.1, 0.15) is 0 Å². The Balaban J connectivity index is 0.988. The van der Waals surface area contributed by atoms with E-state index in [2.05, 4.69) is 109 Å². The maximum Gasteiger partial charge on any atom is 0.164 e. The Morgan fingerprint density at radius 2 is 0.825 bits per heavy atom. The van der Waals surface area contributed by atoms with Crippen LogP contribution in [0.15, 0.2) is 185 Å². The minimum atomic E-state index is 0.595. The molecule has 0 radical (unpaired) electrons. The highest BCUT2D eigenvalue weighted by molar-refractivity contribution is 7.26. The molecule has 12 rings (SSSR count). The number of hydrogen-bond acceptors (Lipinski definition) is 6. The Labute approximate surface area is 330 Å². The van der Waals surface area contributed by atoms with Gasteiger partial charge in [0.2, 0.25) is 0 Å². The van der Waals surface area contributed by atoms with E-state index in [1.807, 2.05) is 66.7 Å². The average molecular weight is 748 g/mol. The second-order valence-corrected chi connectivity index (χ2v) is 15.4. The number of aromatic nitrogens is 3. The first-order valence-corrected chi connectivity index (χ1v) is 19.7. The summed E-state index contributed by atoms with van der Waals surface area (Å²) in [5, 5.41) is 6.85. The first-order valence-electron chi connectivity index (χ1n) is 18.9. The Kier molecular flexibility index (Phi) is 7.03. The lowest BCUT2D eigenvalue weighted by molar-refractivity contribution is 0.668. The third kappa shape index (κ3) is 5.19. The fourth-order valence-electron chi connectivity index (χ4n) is 8.27. The van der Waals surface area contributed by atoms with Crippen molar-refractivity contribution in [3.05, 3.63) is 176 Å². The van der Waals surface area contributed by atoms with Crippen molar-refractivity contribution in [3.63, 3.8) is 0 Å². The van der Waals surface area contributed by atoms with Crippen LogP contribution in [0.2, 0.25) is 0 Å². The van der Waals surface area contributed by atoms with E-state index in [0.717, 1.165) is 71.7 Å². The van der Waals surface area contributed by atoms with Crippen LogP contribution in [0.3, 0.4) is 0 Å². The number of furan rings is 2. The van der Waals surface area contributed by atoms with Crippen LogP contribution >= 0.6 is 11.3 Å². The molecule has 12 aromatic rings. The lowest BCUT2D eigenvalue weighted by Crippen LogP contribution is -2.00. The van der Waals surface area contributed by atoms with Gasteiger partial charge in [-0.25, -0.2) is 15.0 Å². The van der Waals surface area contributed by atoms with Crippen molar-refractivity contribution in [1.82, 2.24) is 15.0 Å². The van der Waals surface area contributed by atoms with Crippen molar-refractivity contribution >= 4 is 75.4 Å². The fraction of sp³-hybridized carbons (Fsp3) is 0. The van der Waals surface area contributed by atoms with Crippen LogP contribution in [0.25, 0.3) is 120 Å². The third-order valence-corrected chi connectivity index (χ3v) is 12.1. The van der Waals surface area contributed by atoms with Gasteiger partial charge >= 0.3 is 0 Å². The molecule has 0 saturated heterocycles. The van der Waals surface area contributed by atoms with E-state index in [9.17, 15) is 0 Å². The fourth-order valence-corrected chi connectivity index (χ4v) is 9.44. The zero-order valence-corrected chi connectivity index (χ0v) is 31.1. The predicted molar refractivity (Wildman–Crippen MR) is 234 cm³/mol. The monoisotopic (exact) mass is 747 g/mol. The number of fused-ring (bicyclic) bond motifs is 9. The van der Waals surface area contributed by atoms with Crippen molar-refractivity contribution in [2.45, 2.75) is 0 Å². The molecule has 8 aromatic carbocycles. The number of nitrogens with zero attached hydrogens (tertiary/aromatic N) is 3. The molecule has 4 aromatic heterocycles. The average Bonchev–Trinajstić information content (AvgIpc) is 3.97. The van der Waals surface area contributed by atoms with Gasteiger partial charge in [0.25, 0.3) is 0 Å². The van der Waals surface area contributed by atoms with Gasteiger partial charge in [0.05, 0.1) is 0 Å². The number of hydrogen-bond donors (Lipinski definition) is 0. The molecule has 0 fully saturated rings. The first kappa shape index (κ1) is 31.9. The van der Waals surface area contributed by atoms with Crippen LogP contribution in [0.4, 0.5) is 0 Å². The topological polar surface area (TPSA) is 65.0 Å². The molecule has 0 atom stereocenters. The van der Waals surface area contributed by atoms with Crippen molar-refractivity contribution in [1.29, 1.82) is 0 Å². The molecule has 0 unspecified atom stereocenters. The molecular weight excluding hydrogens is 719 g/mol. The lowest BCUT2D eigenvalue weighted by Gasteiger charge is -2.12. The Bertz CT molecular complexity index is 3540. The van der Waals surface area contributed by atoms with Gasteiger partial charge in [0, 0.05) is 58.4 Å². The Morgan fingerprint density at radius 3 is 1.53 bits per heavy atom. The highest BCUT2D eigenvalue weighted by Crippen LogP contribution is 2.44. The summed E-state index contributed by atoms with van der Waals surface area (Å²) >= 11 is 1.79. The molecule has 0 aliphatic heterocycles. The van der Waals surface area contributed by atoms with Gasteiger partial charge in [-0.05, 0) is 70.8 Å². The molecular formula is C51H29N3O2S. The molecule has 6 heteroatoms. The molecule has 0 N–H and O–H groups in total. The van der Waals surface area contributed by atoms with E-state index >= 15 is 0 Å². The zero-order valence-electron chi connectivity index (χ0n) is 30.3. The Morgan fingerprint density at radius 1 is 0.316 bits per heavy atom. The smallest absolute Gasteiger partial charge is 0.164 e. The summed E-state index contributed by atoms with van der Waals surface area (Å²) in [7, 11) is 0. The summed E-state index contributed by atoms with van der Waals surface area (Å²) in [4.78, 5) is 15.1. The standard InChI is InChI=1S/C51H29N3O2S/c1-2-11-30(12-3-1)49-52-50(32-22-25-39-37-16-7-9-19-43(37)56-45(39)28-32)54-51(53-49)33-23-26-41-47(29-33)57-46-20-10-17-40(48(41)46)35-14-5-4-13-34(35)31-21-24-38-36-15-6-8-18-42(36)55-44(38)27-31/h1-29H. The summed E-state index contributed by atoms with van der Waals surface area (Å²) in [5.41, 5.74) is 10.8. The van der Waals surface area contributed by atoms with Gasteiger partial charge in [-0.1, -0.05) is 127 Å². The number of benzene rings is 8. The van der Waals surface area contributed by atoms with Crippen molar-refractivity contribution < 1.29 is 8.83 Å². The van der Waals surface area contributed by atoms with E-state index in [-0.39, 0.29) is 0 Å². The van der Waals surface area contributed by atoms with E-state index in [0.29, 0.717) is 17.5 Å². The third-order valence-electron chi connectivity index (χ3n) is 11.0. The van der Waals surface area contributed by atoms with Gasteiger partial charge < -0.3 is 8.83 Å². The molecule has 0 spiro atoms. The molecule has 266 valence electrons. The number of thiophene rings is 1. The Hall–Kier alpha value is -7.41. The second kappa shape index (κ2) is 12.6. The summed E-state index contributed by atoms with van der Waals surface area (Å²) in [6.45, 7) is 0. The van der Waals surface area contributed by atoms with Crippen LogP contribution in [-0.4, -0.2) is 15.0 Å². The van der Waals surface area contributed by atoms with E-state index < -0.39 is 0 Å². The van der Waals surface area contributed by atoms with E-state index in [1.54, 1.807) is 11.3 Å². The van der Waals surface area contributed by atoms with Crippen molar-refractivity contribution in [2.75, 3.05) is 0 Å². The SMILES string of the molecule is c1ccc(-c2nc(-c3ccc4c(c3)oc3ccccc34)nc(-c3ccc4c(c3)sc3cccc(-c5ccccc5-c5ccc6c(c5)oc5ccccc56)c34)n2)cc1. The summed E-state index contributed by atoms with van der Waals surface area (Å²) in [5.74, 6) is 1.84. The van der Waals surface area contributed by atoms with Gasteiger partial charge in [-0.3, -0.25) is 0 Å².